The van der Waals surface area contributed by atoms with Gasteiger partial charge in [-0.25, -0.2) is 9.59 Å². The van der Waals surface area contributed by atoms with E-state index in [4.69, 9.17) is 9.15 Å². The lowest BCUT2D eigenvalue weighted by molar-refractivity contribution is -0.142. The van der Waals surface area contributed by atoms with Crippen molar-refractivity contribution < 1.29 is 29.0 Å². The topological polar surface area (TPSA) is 142 Å². The summed E-state index contributed by atoms with van der Waals surface area (Å²) in [6, 6.07) is 14.1. The molecule has 37 heavy (non-hydrogen) atoms. The van der Waals surface area contributed by atoms with Gasteiger partial charge in [-0.15, -0.1) is 0 Å². The van der Waals surface area contributed by atoms with Crippen LogP contribution in [0.5, 0.6) is 11.5 Å². The number of carboxylic acids is 1. The molecule has 2 atom stereocenters. The van der Waals surface area contributed by atoms with Gasteiger partial charge in [0.1, 0.15) is 23.1 Å². The number of ether oxygens (including phenoxy) is 1. The number of carbonyl (C=O) groups is 2. The number of aromatic hydroxyl groups is 1. The molecule has 1 amide bonds. The highest BCUT2D eigenvalue weighted by Crippen LogP contribution is 2.31. The average molecular weight is 501 g/mol. The van der Waals surface area contributed by atoms with Crippen molar-refractivity contribution in [2.24, 2.45) is 0 Å². The number of benzene rings is 3. The standard InChI is InChI=1S/C28H24N2O7/c1-14-24(10-8-19-18-5-3-4-6-20(18)28(35)37-25(14)19)36-15(2)26(32)30-23(27(33)34)11-16-13-29-22-9-7-17(31)12-21(16)22/h3-10,12-13,15,23,29,31H,11H2,1-2H3,(H,30,32)(H,33,34)/t15-,23+/m1/s1. The minimum Gasteiger partial charge on any atom is -0.508 e. The van der Waals surface area contributed by atoms with E-state index in [1.54, 1.807) is 43.5 Å². The van der Waals surface area contributed by atoms with Crippen LogP contribution in [0.2, 0.25) is 0 Å². The maximum absolute atomic E-state index is 12.9. The summed E-state index contributed by atoms with van der Waals surface area (Å²) in [5.41, 5.74) is 1.82. The van der Waals surface area contributed by atoms with Crippen LogP contribution in [-0.2, 0) is 16.0 Å². The monoisotopic (exact) mass is 500 g/mol. The van der Waals surface area contributed by atoms with Crippen molar-refractivity contribution in [1.29, 1.82) is 0 Å². The number of rotatable bonds is 7. The number of aromatic nitrogens is 1. The molecule has 0 radical (unpaired) electrons. The van der Waals surface area contributed by atoms with Crippen molar-refractivity contribution in [3.05, 3.63) is 82.3 Å². The number of phenolic OH excluding ortho intramolecular Hbond substituents is 1. The van der Waals surface area contributed by atoms with Crippen LogP contribution < -0.4 is 15.7 Å². The summed E-state index contributed by atoms with van der Waals surface area (Å²) in [6.45, 7) is 3.24. The van der Waals surface area contributed by atoms with E-state index >= 15 is 0 Å². The Hall–Kier alpha value is -4.79. The lowest BCUT2D eigenvalue weighted by Crippen LogP contribution is -2.47. The summed E-state index contributed by atoms with van der Waals surface area (Å²) in [5.74, 6) is -1.42. The molecule has 0 aliphatic carbocycles. The molecule has 3 aromatic carbocycles. The Morgan fingerprint density at radius 1 is 1.05 bits per heavy atom. The number of carboxylic acid groups (broad SMARTS) is 1. The molecule has 0 saturated heterocycles. The van der Waals surface area contributed by atoms with Gasteiger partial charge in [-0.2, -0.15) is 0 Å². The van der Waals surface area contributed by atoms with Gasteiger partial charge in [-0.1, -0.05) is 18.2 Å². The molecule has 0 fully saturated rings. The van der Waals surface area contributed by atoms with E-state index in [0.29, 0.717) is 33.2 Å². The largest absolute Gasteiger partial charge is 0.508 e. The number of nitrogens with one attached hydrogen (secondary N) is 2. The number of amides is 1. The molecular formula is C28H24N2O7. The molecule has 0 unspecified atom stereocenters. The van der Waals surface area contributed by atoms with E-state index in [1.807, 2.05) is 12.1 Å². The first kappa shape index (κ1) is 23.9. The van der Waals surface area contributed by atoms with Crippen LogP contribution in [0, 0.1) is 6.92 Å². The van der Waals surface area contributed by atoms with E-state index in [2.05, 4.69) is 10.3 Å². The first-order valence-electron chi connectivity index (χ1n) is 11.7. The quantitative estimate of drug-likeness (QED) is 0.195. The van der Waals surface area contributed by atoms with Crippen molar-refractivity contribution in [1.82, 2.24) is 10.3 Å². The summed E-state index contributed by atoms with van der Waals surface area (Å²) >= 11 is 0. The number of aromatic amines is 1. The molecule has 0 aliphatic rings. The van der Waals surface area contributed by atoms with Gasteiger partial charge in [-0.3, -0.25) is 4.79 Å². The smallest absolute Gasteiger partial charge is 0.344 e. The zero-order valence-electron chi connectivity index (χ0n) is 20.1. The van der Waals surface area contributed by atoms with Crippen LogP contribution in [-0.4, -0.2) is 39.2 Å². The second-order valence-corrected chi connectivity index (χ2v) is 8.91. The summed E-state index contributed by atoms with van der Waals surface area (Å²) < 4.78 is 11.4. The third kappa shape index (κ3) is 4.47. The lowest BCUT2D eigenvalue weighted by atomic mass is 10.0. The molecule has 9 heteroatoms. The van der Waals surface area contributed by atoms with Gasteiger partial charge in [0.2, 0.25) is 0 Å². The first-order chi connectivity index (χ1) is 17.7. The maximum Gasteiger partial charge on any atom is 0.344 e. The fraction of sp³-hybridized carbons (Fsp3) is 0.179. The number of aliphatic carboxylic acids is 1. The van der Waals surface area contributed by atoms with Gasteiger partial charge in [-0.05, 0) is 61.2 Å². The molecule has 0 aliphatic heterocycles. The normalized spacial score (nSPS) is 13.0. The van der Waals surface area contributed by atoms with Crippen LogP contribution in [0.25, 0.3) is 32.6 Å². The van der Waals surface area contributed by atoms with Gasteiger partial charge >= 0.3 is 11.6 Å². The number of H-pyrrole nitrogens is 1. The number of hydrogen-bond acceptors (Lipinski definition) is 6. The maximum atomic E-state index is 12.9. The molecular weight excluding hydrogens is 476 g/mol. The summed E-state index contributed by atoms with van der Waals surface area (Å²) in [5, 5.41) is 24.7. The van der Waals surface area contributed by atoms with Crippen LogP contribution in [0.15, 0.2) is 70.0 Å². The highest BCUT2D eigenvalue weighted by Gasteiger charge is 2.26. The number of aryl methyl sites for hydroxylation is 1. The van der Waals surface area contributed by atoms with E-state index in [1.165, 1.54) is 19.1 Å². The molecule has 9 nitrogen and oxygen atoms in total. The van der Waals surface area contributed by atoms with Crippen LogP contribution >= 0.6 is 0 Å². The van der Waals surface area contributed by atoms with E-state index in [9.17, 15) is 24.6 Å². The molecule has 0 bridgehead atoms. The fourth-order valence-electron chi connectivity index (χ4n) is 4.48. The highest BCUT2D eigenvalue weighted by atomic mass is 16.5. The van der Waals surface area contributed by atoms with E-state index in [0.717, 1.165) is 16.3 Å². The van der Waals surface area contributed by atoms with Crippen molar-refractivity contribution in [2.45, 2.75) is 32.4 Å². The Labute approximate surface area is 210 Å². The number of hydrogen-bond donors (Lipinski definition) is 4. The predicted octanol–water partition coefficient (Wildman–Crippen LogP) is 4.02. The predicted molar refractivity (Wildman–Crippen MR) is 138 cm³/mol. The average Bonchev–Trinajstić information content (AvgIpc) is 3.27. The number of fused-ring (bicyclic) bond motifs is 4. The van der Waals surface area contributed by atoms with Crippen molar-refractivity contribution >= 4 is 44.5 Å². The van der Waals surface area contributed by atoms with Gasteiger partial charge < -0.3 is 29.7 Å². The minimum absolute atomic E-state index is 0.00444. The van der Waals surface area contributed by atoms with Gasteiger partial charge in [0.05, 0.1) is 5.39 Å². The van der Waals surface area contributed by atoms with Gasteiger partial charge in [0, 0.05) is 34.5 Å². The third-order valence-electron chi connectivity index (χ3n) is 6.45. The SMILES string of the molecule is Cc1c(O[C@H](C)C(=O)N[C@@H](Cc2c[nH]c3ccc(O)cc23)C(=O)O)ccc2c1oc(=O)c1ccccc12. The summed E-state index contributed by atoms with van der Waals surface area (Å²) in [7, 11) is 0. The van der Waals surface area contributed by atoms with Crippen molar-refractivity contribution in [3.8, 4) is 11.5 Å². The Kier molecular flexibility index (Phi) is 6.04. The van der Waals surface area contributed by atoms with Crippen LogP contribution in [0.1, 0.15) is 18.1 Å². The zero-order chi connectivity index (χ0) is 26.3. The van der Waals surface area contributed by atoms with E-state index < -0.39 is 29.6 Å². The third-order valence-corrected chi connectivity index (χ3v) is 6.45. The minimum atomic E-state index is -1.22. The molecule has 2 aromatic heterocycles. The summed E-state index contributed by atoms with van der Waals surface area (Å²) in [4.78, 5) is 40.3. The molecule has 188 valence electrons. The Bertz CT molecular complexity index is 1730. The second kappa shape index (κ2) is 9.34. The molecule has 0 saturated carbocycles. The number of phenols is 1. The first-order valence-corrected chi connectivity index (χ1v) is 11.7. The molecule has 5 rings (SSSR count). The van der Waals surface area contributed by atoms with Crippen molar-refractivity contribution in [3.63, 3.8) is 0 Å². The van der Waals surface area contributed by atoms with E-state index in [-0.39, 0.29) is 12.2 Å². The zero-order valence-corrected chi connectivity index (χ0v) is 20.1. The van der Waals surface area contributed by atoms with Gasteiger partial charge in [0.25, 0.3) is 5.91 Å². The number of carbonyl (C=O) groups excluding carboxylic acids is 1. The van der Waals surface area contributed by atoms with Crippen molar-refractivity contribution in [2.75, 3.05) is 0 Å². The van der Waals surface area contributed by atoms with Crippen LogP contribution in [0.4, 0.5) is 0 Å². The molecule has 2 heterocycles. The second-order valence-electron chi connectivity index (χ2n) is 8.91. The Balaban J connectivity index is 1.36. The Morgan fingerprint density at radius 3 is 2.57 bits per heavy atom. The molecule has 5 aromatic rings. The summed E-state index contributed by atoms with van der Waals surface area (Å²) in [6.07, 6.45) is 0.629. The molecule has 0 spiro atoms. The van der Waals surface area contributed by atoms with Gasteiger partial charge in [0.15, 0.2) is 6.10 Å². The fourth-order valence-corrected chi connectivity index (χ4v) is 4.48. The molecule has 4 N–H and O–H groups in total. The highest BCUT2D eigenvalue weighted by molar-refractivity contribution is 6.05. The van der Waals surface area contributed by atoms with Crippen LogP contribution in [0.3, 0.4) is 0 Å². The Morgan fingerprint density at radius 2 is 1.81 bits per heavy atom. The lowest BCUT2D eigenvalue weighted by Gasteiger charge is -2.20.